The lowest BCUT2D eigenvalue weighted by atomic mass is 10.1. The average Bonchev–Trinajstić information content (AvgIpc) is 2.99. The van der Waals surface area contributed by atoms with Crippen molar-refractivity contribution in [2.75, 3.05) is 19.8 Å². The van der Waals surface area contributed by atoms with Crippen LogP contribution in [0.4, 0.5) is 0 Å². The quantitative estimate of drug-likeness (QED) is 0.690. The zero-order valence-electron chi connectivity index (χ0n) is 10.4. The fourth-order valence-corrected chi connectivity index (χ4v) is 2.27. The van der Waals surface area contributed by atoms with Crippen molar-refractivity contribution in [1.82, 2.24) is 5.32 Å². The summed E-state index contributed by atoms with van der Waals surface area (Å²) in [6, 6.07) is 0.587. The normalized spacial score (nSPS) is 23.8. The Morgan fingerprint density at radius 2 is 2.00 bits per heavy atom. The Balaban J connectivity index is 1.66. The Bertz CT molecular complexity index is 188. The summed E-state index contributed by atoms with van der Waals surface area (Å²) in [5.74, 6) is 1.02. The van der Waals surface area contributed by atoms with Gasteiger partial charge < -0.3 is 14.8 Å². The minimum Gasteiger partial charge on any atom is -0.350 e. The third-order valence-electron chi connectivity index (χ3n) is 3.47. The van der Waals surface area contributed by atoms with Crippen molar-refractivity contribution in [2.45, 2.75) is 57.8 Å². The Kier molecular flexibility index (Phi) is 5.07. The molecule has 2 aliphatic rings. The molecule has 1 aliphatic heterocycles. The van der Waals surface area contributed by atoms with E-state index in [4.69, 9.17) is 9.47 Å². The molecule has 16 heavy (non-hydrogen) atoms. The summed E-state index contributed by atoms with van der Waals surface area (Å²) < 4.78 is 11.0. The largest absolute Gasteiger partial charge is 0.350 e. The van der Waals surface area contributed by atoms with Crippen LogP contribution in [0.1, 0.15) is 45.4 Å². The molecule has 0 bridgehead atoms. The summed E-state index contributed by atoms with van der Waals surface area (Å²) >= 11 is 0. The zero-order chi connectivity index (χ0) is 11.2. The van der Waals surface area contributed by atoms with Crippen LogP contribution >= 0.6 is 0 Å². The van der Waals surface area contributed by atoms with Crippen LogP contribution in [-0.4, -0.2) is 32.1 Å². The van der Waals surface area contributed by atoms with Gasteiger partial charge in [0, 0.05) is 12.5 Å². The summed E-state index contributed by atoms with van der Waals surface area (Å²) in [4.78, 5) is 0. The monoisotopic (exact) mass is 227 g/mol. The minimum absolute atomic E-state index is 0.0496. The molecular formula is C13H25NO2. The molecule has 1 saturated heterocycles. The first-order valence-corrected chi connectivity index (χ1v) is 6.85. The number of nitrogens with one attached hydrogen (secondary N) is 1. The summed E-state index contributed by atoms with van der Waals surface area (Å²) in [7, 11) is 0. The van der Waals surface area contributed by atoms with Crippen LogP contribution in [-0.2, 0) is 9.47 Å². The molecule has 1 saturated carbocycles. The molecule has 3 heteroatoms. The first-order valence-electron chi connectivity index (χ1n) is 6.85. The SMILES string of the molecule is CCCNC(CCC1CC1)CC1OCCO1. The minimum atomic E-state index is 0.0496. The Hall–Kier alpha value is -0.120. The Labute approximate surface area is 98.9 Å². The van der Waals surface area contributed by atoms with Gasteiger partial charge in [-0.2, -0.15) is 0 Å². The number of ether oxygens (including phenoxy) is 2. The molecule has 94 valence electrons. The topological polar surface area (TPSA) is 30.5 Å². The first-order chi connectivity index (χ1) is 7.88. The lowest BCUT2D eigenvalue weighted by molar-refractivity contribution is -0.0533. The smallest absolute Gasteiger partial charge is 0.159 e. The van der Waals surface area contributed by atoms with Crippen LogP contribution in [0.3, 0.4) is 0 Å². The molecular weight excluding hydrogens is 202 g/mol. The van der Waals surface area contributed by atoms with Gasteiger partial charge in [-0.05, 0) is 31.7 Å². The van der Waals surface area contributed by atoms with Gasteiger partial charge in [0.1, 0.15) is 0 Å². The molecule has 0 radical (unpaired) electrons. The van der Waals surface area contributed by atoms with E-state index in [0.29, 0.717) is 6.04 Å². The third kappa shape index (κ3) is 4.40. The van der Waals surface area contributed by atoms with Gasteiger partial charge in [0.15, 0.2) is 6.29 Å². The maximum absolute atomic E-state index is 5.52. The molecule has 0 spiro atoms. The maximum atomic E-state index is 5.52. The molecule has 0 aromatic heterocycles. The highest BCUT2D eigenvalue weighted by Crippen LogP contribution is 2.34. The summed E-state index contributed by atoms with van der Waals surface area (Å²) in [6.45, 7) is 4.87. The van der Waals surface area contributed by atoms with E-state index in [9.17, 15) is 0 Å². The van der Waals surface area contributed by atoms with Crippen molar-refractivity contribution in [3.05, 3.63) is 0 Å². The zero-order valence-corrected chi connectivity index (χ0v) is 10.4. The molecule has 0 amide bonds. The number of hydrogen-bond donors (Lipinski definition) is 1. The van der Waals surface area contributed by atoms with E-state index >= 15 is 0 Å². The molecule has 2 fully saturated rings. The molecule has 2 rings (SSSR count). The van der Waals surface area contributed by atoms with Gasteiger partial charge in [-0.3, -0.25) is 0 Å². The predicted molar refractivity (Wildman–Crippen MR) is 64.3 cm³/mol. The van der Waals surface area contributed by atoms with Gasteiger partial charge in [0.25, 0.3) is 0 Å². The molecule has 1 aliphatic carbocycles. The number of hydrogen-bond acceptors (Lipinski definition) is 3. The second kappa shape index (κ2) is 6.58. The fourth-order valence-electron chi connectivity index (χ4n) is 2.27. The van der Waals surface area contributed by atoms with Crippen molar-refractivity contribution < 1.29 is 9.47 Å². The van der Waals surface area contributed by atoms with Crippen molar-refractivity contribution >= 4 is 0 Å². The molecule has 1 unspecified atom stereocenters. The summed E-state index contributed by atoms with van der Waals surface area (Å²) in [6.07, 6.45) is 7.85. The van der Waals surface area contributed by atoms with Crippen molar-refractivity contribution in [3.8, 4) is 0 Å². The highest BCUT2D eigenvalue weighted by Gasteiger charge is 2.25. The van der Waals surface area contributed by atoms with Crippen LogP contribution < -0.4 is 5.32 Å². The fraction of sp³-hybridized carbons (Fsp3) is 1.00. The first kappa shape index (κ1) is 12.3. The van der Waals surface area contributed by atoms with Gasteiger partial charge in [-0.1, -0.05) is 19.8 Å². The lowest BCUT2D eigenvalue weighted by Gasteiger charge is -2.21. The van der Waals surface area contributed by atoms with Gasteiger partial charge in [-0.15, -0.1) is 0 Å². The van der Waals surface area contributed by atoms with Crippen LogP contribution in [0.2, 0.25) is 0 Å². The predicted octanol–water partition coefficient (Wildman–Crippen LogP) is 2.31. The summed E-state index contributed by atoms with van der Waals surface area (Å²) in [5, 5.41) is 3.62. The van der Waals surface area contributed by atoms with Crippen molar-refractivity contribution in [3.63, 3.8) is 0 Å². The van der Waals surface area contributed by atoms with E-state index in [1.807, 2.05) is 0 Å². The van der Waals surface area contributed by atoms with Gasteiger partial charge in [0.2, 0.25) is 0 Å². The second-order valence-corrected chi connectivity index (χ2v) is 5.08. The van der Waals surface area contributed by atoms with E-state index in [0.717, 1.165) is 32.1 Å². The molecule has 3 nitrogen and oxygen atoms in total. The number of rotatable bonds is 8. The maximum Gasteiger partial charge on any atom is 0.159 e. The standard InChI is InChI=1S/C13H25NO2/c1-2-7-14-12(6-5-11-3-4-11)10-13-15-8-9-16-13/h11-14H,2-10H2,1H3. The van der Waals surface area contributed by atoms with Crippen molar-refractivity contribution in [1.29, 1.82) is 0 Å². The van der Waals surface area contributed by atoms with Gasteiger partial charge >= 0.3 is 0 Å². The van der Waals surface area contributed by atoms with Crippen LogP contribution in [0.5, 0.6) is 0 Å². The average molecular weight is 227 g/mol. The Morgan fingerprint density at radius 1 is 1.25 bits per heavy atom. The van der Waals surface area contributed by atoms with E-state index in [-0.39, 0.29) is 6.29 Å². The van der Waals surface area contributed by atoms with E-state index in [2.05, 4.69) is 12.2 Å². The van der Waals surface area contributed by atoms with E-state index in [1.54, 1.807) is 0 Å². The molecule has 1 heterocycles. The van der Waals surface area contributed by atoms with Crippen LogP contribution in [0.15, 0.2) is 0 Å². The van der Waals surface area contributed by atoms with E-state index in [1.165, 1.54) is 32.1 Å². The van der Waals surface area contributed by atoms with Crippen LogP contribution in [0, 0.1) is 5.92 Å². The molecule has 0 aromatic rings. The molecule has 1 N–H and O–H groups in total. The lowest BCUT2D eigenvalue weighted by Crippen LogP contribution is -2.33. The van der Waals surface area contributed by atoms with Gasteiger partial charge in [-0.25, -0.2) is 0 Å². The third-order valence-corrected chi connectivity index (χ3v) is 3.47. The summed E-state index contributed by atoms with van der Waals surface area (Å²) in [5.41, 5.74) is 0. The van der Waals surface area contributed by atoms with Gasteiger partial charge in [0.05, 0.1) is 13.2 Å². The Morgan fingerprint density at radius 3 is 2.62 bits per heavy atom. The highest BCUT2D eigenvalue weighted by molar-refractivity contribution is 4.77. The van der Waals surface area contributed by atoms with E-state index < -0.39 is 0 Å². The van der Waals surface area contributed by atoms with Crippen molar-refractivity contribution in [2.24, 2.45) is 5.92 Å². The highest BCUT2D eigenvalue weighted by atomic mass is 16.7. The second-order valence-electron chi connectivity index (χ2n) is 5.08. The molecule has 1 atom stereocenters. The van der Waals surface area contributed by atoms with Crippen LogP contribution in [0.25, 0.3) is 0 Å². The molecule has 0 aromatic carbocycles.